The first-order chi connectivity index (χ1) is 7.81. The first-order valence-electron chi connectivity index (χ1n) is 6.55. The molecule has 1 unspecified atom stereocenters. The molecule has 0 aromatic carbocycles. The fourth-order valence-corrected chi connectivity index (χ4v) is 2.16. The highest BCUT2D eigenvalue weighted by Gasteiger charge is 2.08. The van der Waals surface area contributed by atoms with Gasteiger partial charge in [0.2, 0.25) is 0 Å². The Morgan fingerprint density at radius 3 is 2.75 bits per heavy atom. The average molecular weight is 223 g/mol. The van der Waals surface area contributed by atoms with Crippen LogP contribution in [-0.4, -0.2) is 22.4 Å². The van der Waals surface area contributed by atoms with Crippen LogP contribution in [0.1, 0.15) is 45.7 Å². The van der Waals surface area contributed by atoms with E-state index in [9.17, 15) is 0 Å². The Hall–Kier alpha value is -0.830. The first kappa shape index (κ1) is 13.2. The lowest BCUT2D eigenvalue weighted by Crippen LogP contribution is -2.29. The number of aromatic nitrogens is 2. The van der Waals surface area contributed by atoms with E-state index in [1.807, 2.05) is 6.20 Å². The molecule has 0 aliphatic carbocycles. The minimum atomic E-state index is 0.662. The highest BCUT2D eigenvalue weighted by Crippen LogP contribution is 2.08. The number of nitrogens with one attached hydrogen (secondary N) is 1. The molecule has 0 aliphatic heterocycles. The van der Waals surface area contributed by atoms with Gasteiger partial charge in [-0.2, -0.15) is 5.10 Å². The summed E-state index contributed by atoms with van der Waals surface area (Å²) in [4.78, 5) is 0. The molecule has 0 spiro atoms. The minimum absolute atomic E-state index is 0.662. The van der Waals surface area contributed by atoms with E-state index in [0.29, 0.717) is 6.04 Å². The summed E-state index contributed by atoms with van der Waals surface area (Å²) in [5.41, 5.74) is 1.36. The van der Waals surface area contributed by atoms with Gasteiger partial charge in [-0.15, -0.1) is 0 Å². The zero-order chi connectivity index (χ0) is 11.8. The largest absolute Gasteiger partial charge is 0.314 e. The van der Waals surface area contributed by atoms with Gasteiger partial charge in [-0.05, 0) is 38.8 Å². The number of hydrogen-bond donors (Lipinski definition) is 1. The van der Waals surface area contributed by atoms with Gasteiger partial charge in [0, 0.05) is 24.5 Å². The molecule has 3 nitrogen and oxygen atoms in total. The Balaban J connectivity index is 2.41. The topological polar surface area (TPSA) is 29.9 Å². The molecule has 0 saturated carbocycles. The quantitative estimate of drug-likeness (QED) is 0.734. The lowest BCUT2D eigenvalue weighted by molar-refractivity contribution is 0.452. The fraction of sp³-hybridized carbons (Fsp3) is 0.769. The molecule has 1 rings (SSSR count). The highest BCUT2D eigenvalue weighted by atomic mass is 15.3. The molecule has 1 aromatic heterocycles. The zero-order valence-electron chi connectivity index (χ0n) is 10.9. The molecule has 1 aromatic rings. The van der Waals surface area contributed by atoms with E-state index in [2.05, 4.69) is 41.9 Å². The second-order valence-corrected chi connectivity index (χ2v) is 4.22. The van der Waals surface area contributed by atoms with Crippen LogP contribution < -0.4 is 5.32 Å². The van der Waals surface area contributed by atoms with Crippen LogP contribution in [-0.2, 0) is 13.0 Å². The summed E-state index contributed by atoms with van der Waals surface area (Å²) < 4.78 is 2.09. The molecule has 0 radical (unpaired) electrons. The molecule has 0 amide bonds. The molecule has 92 valence electrons. The van der Waals surface area contributed by atoms with Gasteiger partial charge in [0.15, 0.2) is 0 Å². The van der Waals surface area contributed by atoms with Gasteiger partial charge in [0.1, 0.15) is 0 Å². The Bertz CT molecular complexity index is 274. The van der Waals surface area contributed by atoms with Crippen molar-refractivity contribution in [3.8, 4) is 0 Å². The van der Waals surface area contributed by atoms with E-state index in [0.717, 1.165) is 19.5 Å². The van der Waals surface area contributed by atoms with Gasteiger partial charge < -0.3 is 5.32 Å². The Morgan fingerprint density at radius 2 is 2.12 bits per heavy atom. The maximum Gasteiger partial charge on any atom is 0.0492 e. The summed E-state index contributed by atoms with van der Waals surface area (Å²) in [5.74, 6) is 0. The van der Waals surface area contributed by atoms with Crippen molar-refractivity contribution in [2.24, 2.45) is 0 Å². The third kappa shape index (κ3) is 3.97. The summed E-state index contributed by atoms with van der Waals surface area (Å²) in [7, 11) is 0. The molecular formula is C13H25N3. The minimum Gasteiger partial charge on any atom is -0.314 e. The predicted molar refractivity (Wildman–Crippen MR) is 68.6 cm³/mol. The van der Waals surface area contributed by atoms with Crippen LogP contribution in [0.5, 0.6) is 0 Å². The molecular weight excluding hydrogens is 198 g/mol. The summed E-state index contributed by atoms with van der Waals surface area (Å²) >= 11 is 0. The van der Waals surface area contributed by atoms with Crippen molar-refractivity contribution in [3.05, 3.63) is 18.0 Å². The van der Waals surface area contributed by atoms with Crippen LogP contribution in [0.25, 0.3) is 0 Å². The van der Waals surface area contributed by atoms with E-state index in [4.69, 9.17) is 0 Å². The van der Waals surface area contributed by atoms with E-state index >= 15 is 0 Å². The maximum atomic E-state index is 4.30. The monoisotopic (exact) mass is 223 g/mol. The smallest absolute Gasteiger partial charge is 0.0492 e. The Kier molecular flexibility index (Phi) is 6.16. The molecule has 16 heavy (non-hydrogen) atoms. The summed E-state index contributed by atoms with van der Waals surface area (Å²) in [5, 5.41) is 7.85. The fourth-order valence-electron chi connectivity index (χ4n) is 2.16. The van der Waals surface area contributed by atoms with Crippen molar-refractivity contribution >= 4 is 0 Å². The summed E-state index contributed by atoms with van der Waals surface area (Å²) in [6.07, 6.45) is 6.78. The lowest BCUT2D eigenvalue weighted by atomic mass is 10.0. The standard InChI is InChI=1S/C13H25N3/c1-4-7-12(14-5-2)8-9-13-10-11-15-16(13)6-3/h10-12,14H,4-9H2,1-3H3. The highest BCUT2D eigenvalue weighted by molar-refractivity contribution is 5.01. The second-order valence-electron chi connectivity index (χ2n) is 4.22. The molecule has 3 heteroatoms. The molecule has 0 saturated heterocycles. The van der Waals surface area contributed by atoms with E-state index in [-0.39, 0.29) is 0 Å². The van der Waals surface area contributed by atoms with Crippen LogP contribution in [0.15, 0.2) is 12.3 Å². The van der Waals surface area contributed by atoms with Gasteiger partial charge in [0.05, 0.1) is 0 Å². The SMILES string of the molecule is CCCC(CCc1ccnn1CC)NCC. The third-order valence-electron chi connectivity index (χ3n) is 2.98. The summed E-state index contributed by atoms with van der Waals surface area (Å²) in [6, 6.07) is 2.80. The van der Waals surface area contributed by atoms with Crippen LogP contribution in [0, 0.1) is 0 Å². The maximum absolute atomic E-state index is 4.30. The van der Waals surface area contributed by atoms with Gasteiger partial charge >= 0.3 is 0 Å². The van der Waals surface area contributed by atoms with Crippen molar-refractivity contribution in [1.29, 1.82) is 0 Å². The van der Waals surface area contributed by atoms with Crippen molar-refractivity contribution in [3.63, 3.8) is 0 Å². The van der Waals surface area contributed by atoms with E-state index < -0.39 is 0 Å². The molecule has 0 bridgehead atoms. The number of rotatable bonds is 8. The second kappa shape index (κ2) is 7.44. The van der Waals surface area contributed by atoms with E-state index in [1.54, 1.807) is 0 Å². The van der Waals surface area contributed by atoms with Gasteiger partial charge in [-0.1, -0.05) is 20.3 Å². The normalized spacial score (nSPS) is 12.9. The first-order valence-corrected chi connectivity index (χ1v) is 6.55. The van der Waals surface area contributed by atoms with Crippen molar-refractivity contribution in [2.75, 3.05) is 6.54 Å². The van der Waals surface area contributed by atoms with Crippen LogP contribution >= 0.6 is 0 Å². The van der Waals surface area contributed by atoms with Gasteiger partial charge in [-0.25, -0.2) is 0 Å². The van der Waals surface area contributed by atoms with Crippen LogP contribution in [0.3, 0.4) is 0 Å². The van der Waals surface area contributed by atoms with Crippen molar-refractivity contribution < 1.29 is 0 Å². The van der Waals surface area contributed by atoms with E-state index in [1.165, 1.54) is 25.0 Å². The average Bonchev–Trinajstić information content (AvgIpc) is 2.74. The Labute approximate surface area is 99.2 Å². The van der Waals surface area contributed by atoms with Crippen LogP contribution in [0.2, 0.25) is 0 Å². The molecule has 1 atom stereocenters. The van der Waals surface area contributed by atoms with Crippen LogP contribution in [0.4, 0.5) is 0 Å². The Morgan fingerprint density at radius 1 is 1.31 bits per heavy atom. The molecule has 0 fully saturated rings. The molecule has 0 aliphatic rings. The molecule has 1 N–H and O–H groups in total. The number of nitrogens with zero attached hydrogens (tertiary/aromatic N) is 2. The van der Waals surface area contributed by atoms with Crippen molar-refractivity contribution in [1.82, 2.24) is 15.1 Å². The zero-order valence-corrected chi connectivity index (χ0v) is 10.9. The third-order valence-corrected chi connectivity index (χ3v) is 2.98. The van der Waals surface area contributed by atoms with Gasteiger partial charge in [0.25, 0.3) is 0 Å². The predicted octanol–water partition coefficient (Wildman–Crippen LogP) is 2.61. The number of hydrogen-bond acceptors (Lipinski definition) is 2. The number of aryl methyl sites for hydroxylation is 2. The lowest BCUT2D eigenvalue weighted by Gasteiger charge is -2.17. The summed E-state index contributed by atoms with van der Waals surface area (Å²) in [6.45, 7) is 8.61. The van der Waals surface area contributed by atoms with Crippen molar-refractivity contribution in [2.45, 2.75) is 59.0 Å². The van der Waals surface area contributed by atoms with Gasteiger partial charge in [-0.3, -0.25) is 4.68 Å². The molecule has 1 heterocycles.